The molecule has 0 spiro atoms. The Bertz CT molecular complexity index is 1020. The van der Waals surface area contributed by atoms with Crippen molar-refractivity contribution >= 4 is 34.1 Å². The monoisotopic (exact) mass is 528 g/mol. The van der Waals surface area contributed by atoms with Crippen molar-refractivity contribution in [2.75, 3.05) is 6.61 Å². The second kappa shape index (κ2) is 10.5. The van der Waals surface area contributed by atoms with Crippen molar-refractivity contribution in [3.8, 4) is 11.5 Å². The van der Waals surface area contributed by atoms with Gasteiger partial charge < -0.3 is 14.6 Å². The van der Waals surface area contributed by atoms with Crippen LogP contribution in [0.3, 0.4) is 0 Å². The van der Waals surface area contributed by atoms with E-state index in [9.17, 15) is 4.79 Å². The summed E-state index contributed by atoms with van der Waals surface area (Å²) in [7, 11) is 0. The molecule has 0 aliphatic carbocycles. The van der Waals surface area contributed by atoms with Gasteiger partial charge in [0, 0.05) is 3.57 Å². The lowest BCUT2D eigenvalue weighted by molar-refractivity contribution is -0.144. The molecule has 5 heteroatoms. The van der Waals surface area contributed by atoms with Crippen LogP contribution in [-0.4, -0.2) is 23.8 Å². The van der Waals surface area contributed by atoms with Crippen molar-refractivity contribution in [1.29, 1.82) is 0 Å². The van der Waals surface area contributed by atoms with Crippen LogP contribution >= 0.6 is 22.6 Å². The van der Waals surface area contributed by atoms with Crippen LogP contribution in [0.25, 0.3) is 5.57 Å². The average Bonchev–Trinajstić information content (AvgIpc) is 2.74. The Kier molecular flexibility index (Phi) is 7.74. The molecule has 1 N–H and O–H groups in total. The van der Waals surface area contributed by atoms with Gasteiger partial charge in [-0.3, -0.25) is 0 Å². The van der Waals surface area contributed by atoms with Crippen molar-refractivity contribution in [2.24, 2.45) is 0 Å². The molecular formula is C26H25IO4. The van der Waals surface area contributed by atoms with Gasteiger partial charge in [-0.1, -0.05) is 42.0 Å². The summed E-state index contributed by atoms with van der Waals surface area (Å²) in [6.45, 7) is 5.86. The van der Waals surface area contributed by atoms with E-state index in [0.29, 0.717) is 18.1 Å². The van der Waals surface area contributed by atoms with Gasteiger partial charge in [-0.05, 0) is 102 Å². The van der Waals surface area contributed by atoms with E-state index < -0.39 is 12.1 Å². The number of halogens is 1. The lowest BCUT2D eigenvalue weighted by atomic mass is 9.97. The molecule has 0 amide bonds. The number of carboxylic acid groups (broad SMARTS) is 1. The van der Waals surface area contributed by atoms with Crippen molar-refractivity contribution in [3.05, 3.63) is 98.6 Å². The number of benzene rings is 3. The van der Waals surface area contributed by atoms with Gasteiger partial charge in [0.15, 0.2) is 6.10 Å². The van der Waals surface area contributed by atoms with Crippen molar-refractivity contribution in [1.82, 2.24) is 0 Å². The number of hydrogen-bond acceptors (Lipinski definition) is 3. The van der Waals surface area contributed by atoms with Crippen LogP contribution in [0.2, 0.25) is 0 Å². The molecule has 0 heterocycles. The quantitative estimate of drug-likeness (QED) is 0.350. The van der Waals surface area contributed by atoms with Gasteiger partial charge in [0.1, 0.15) is 18.1 Å². The number of hydrogen-bond donors (Lipinski definition) is 1. The largest absolute Gasteiger partial charge is 0.489 e. The molecule has 0 aliphatic rings. The lowest BCUT2D eigenvalue weighted by Gasteiger charge is -2.14. The van der Waals surface area contributed by atoms with Crippen LogP contribution < -0.4 is 9.47 Å². The van der Waals surface area contributed by atoms with E-state index in [4.69, 9.17) is 14.6 Å². The first-order valence-electron chi connectivity index (χ1n) is 9.99. The molecule has 0 aliphatic heterocycles. The van der Waals surface area contributed by atoms with Gasteiger partial charge >= 0.3 is 5.97 Å². The Morgan fingerprint density at radius 2 is 1.61 bits per heavy atom. The van der Waals surface area contributed by atoms with Gasteiger partial charge in [-0.25, -0.2) is 4.79 Å². The maximum Gasteiger partial charge on any atom is 0.344 e. The minimum atomic E-state index is -0.996. The summed E-state index contributed by atoms with van der Waals surface area (Å²) in [5.41, 5.74) is 5.43. The molecule has 0 aromatic heterocycles. The third kappa shape index (κ3) is 6.34. The van der Waals surface area contributed by atoms with Crippen LogP contribution in [0.1, 0.15) is 29.2 Å². The van der Waals surface area contributed by atoms with Gasteiger partial charge in [0.2, 0.25) is 0 Å². The highest BCUT2D eigenvalue weighted by molar-refractivity contribution is 14.1. The van der Waals surface area contributed by atoms with Crippen LogP contribution in [0, 0.1) is 17.4 Å². The summed E-state index contributed by atoms with van der Waals surface area (Å²) < 4.78 is 12.6. The average molecular weight is 528 g/mol. The topological polar surface area (TPSA) is 55.8 Å². The van der Waals surface area contributed by atoms with E-state index in [-0.39, 0.29) is 0 Å². The molecule has 1 unspecified atom stereocenters. The summed E-state index contributed by atoms with van der Waals surface area (Å²) >= 11 is 2.30. The first-order valence-corrected chi connectivity index (χ1v) is 11.1. The first-order chi connectivity index (χ1) is 14.8. The number of rotatable bonds is 8. The zero-order valence-corrected chi connectivity index (χ0v) is 19.9. The molecule has 3 aromatic carbocycles. The van der Waals surface area contributed by atoms with Crippen molar-refractivity contribution < 1.29 is 19.4 Å². The summed E-state index contributed by atoms with van der Waals surface area (Å²) in [4.78, 5) is 11.0. The fourth-order valence-corrected chi connectivity index (χ4v) is 3.43. The molecule has 0 saturated heterocycles. The summed E-state index contributed by atoms with van der Waals surface area (Å²) in [5, 5.41) is 9.02. The van der Waals surface area contributed by atoms with Crippen LogP contribution in [0.15, 0.2) is 72.8 Å². The fraction of sp³-hybridized carbons (Fsp3) is 0.192. The lowest BCUT2D eigenvalue weighted by Crippen LogP contribution is -2.23. The third-order valence-corrected chi connectivity index (χ3v) is 5.57. The molecule has 0 fully saturated rings. The number of carbonyl (C=O) groups is 1. The molecule has 160 valence electrons. The molecule has 3 rings (SSSR count). The molecule has 0 radical (unpaired) electrons. The maximum atomic E-state index is 11.0. The Morgan fingerprint density at radius 1 is 1.00 bits per heavy atom. The normalized spacial score (nSPS) is 12.3. The predicted molar refractivity (Wildman–Crippen MR) is 132 cm³/mol. The third-order valence-electron chi connectivity index (χ3n) is 4.85. The van der Waals surface area contributed by atoms with E-state index in [2.05, 4.69) is 84.1 Å². The van der Waals surface area contributed by atoms with Crippen molar-refractivity contribution in [3.63, 3.8) is 0 Å². The molecule has 31 heavy (non-hydrogen) atoms. The van der Waals surface area contributed by atoms with Gasteiger partial charge in [0.25, 0.3) is 0 Å². The van der Waals surface area contributed by atoms with Crippen LogP contribution in [-0.2, 0) is 4.79 Å². The van der Waals surface area contributed by atoms with Crippen molar-refractivity contribution in [2.45, 2.75) is 26.9 Å². The summed E-state index contributed by atoms with van der Waals surface area (Å²) in [6.07, 6.45) is 1.18. The minimum absolute atomic E-state index is 0.403. The predicted octanol–water partition coefficient (Wildman–Crippen LogP) is 6.27. The molecule has 3 aromatic rings. The molecule has 0 saturated carbocycles. The highest BCUT2D eigenvalue weighted by Crippen LogP contribution is 2.27. The highest BCUT2D eigenvalue weighted by Gasteiger charge is 2.14. The minimum Gasteiger partial charge on any atom is -0.489 e. The Morgan fingerprint density at radius 3 is 2.19 bits per heavy atom. The second-order valence-corrected chi connectivity index (χ2v) is 8.57. The van der Waals surface area contributed by atoms with E-state index in [1.807, 2.05) is 13.0 Å². The number of aliphatic carboxylic acids is 1. The van der Waals surface area contributed by atoms with E-state index in [0.717, 1.165) is 22.3 Å². The van der Waals surface area contributed by atoms with Gasteiger partial charge in [0.05, 0.1) is 0 Å². The standard InChI is InChI=1S/C26H25IO4/c1-17-4-6-20(7-5-17)24(21-8-10-22(27)11-9-21)14-15-30-23-12-13-25(18(2)16-23)31-19(3)26(28)29/h4-14,16,19H,15H2,1-3H3,(H,28,29). The first kappa shape index (κ1) is 22.9. The molecular weight excluding hydrogens is 503 g/mol. The number of ether oxygens (including phenoxy) is 2. The Labute approximate surface area is 196 Å². The SMILES string of the molecule is Cc1ccc(C(=CCOc2ccc(OC(C)C(=O)O)c(C)c2)c2ccc(I)cc2)cc1. The Balaban J connectivity index is 1.78. The molecule has 4 nitrogen and oxygen atoms in total. The summed E-state index contributed by atoms with van der Waals surface area (Å²) in [6, 6.07) is 22.3. The molecule has 0 bridgehead atoms. The summed E-state index contributed by atoms with van der Waals surface area (Å²) in [5.74, 6) is 0.246. The van der Waals surface area contributed by atoms with Crippen LogP contribution in [0.5, 0.6) is 11.5 Å². The second-order valence-electron chi connectivity index (χ2n) is 7.33. The van der Waals surface area contributed by atoms with Crippen LogP contribution in [0.4, 0.5) is 0 Å². The smallest absolute Gasteiger partial charge is 0.344 e. The molecule has 1 atom stereocenters. The zero-order chi connectivity index (χ0) is 22.4. The van der Waals surface area contributed by atoms with E-state index in [1.54, 1.807) is 12.1 Å². The Hall–Kier alpha value is -2.80. The van der Waals surface area contributed by atoms with Gasteiger partial charge in [-0.2, -0.15) is 0 Å². The van der Waals surface area contributed by atoms with E-state index >= 15 is 0 Å². The highest BCUT2D eigenvalue weighted by atomic mass is 127. The van der Waals surface area contributed by atoms with Gasteiger partial charge in [-0.15, -0.1) is 0 Å². The van der Waals surface area contributed by atoms with E-state index in [1.165, 1.54) is 16.1 Å². The number of aryl methyl sites for hydroxylation is 2. The number of carboxylic acids is 1. The maximum absolute atomic E-state index is 11.0. The fourth-order valence-electron chi connectivity index (χ4n) is 3.07. The zero-order valence-electron chi connectivity index (χ0n) is 17.8.